The molecular weight excluding hydrogens is 178 g/mol. The number of amidine groups is 1. The number of hydrazone groups is 1. The molecule has 0 radical (unpaired) electrons. The Morgan fingerprint density at radius 2 is 2.50 bits per heavy atom. The normalized spacial score (nSPS) is 20.2. The van der Waals surface area contributed by atoms with Gasteiger partial charge in [-0.3, -0.25) is 4.79 Å². The highest BCUT2D eigenvalue weighted by molar-refractivity contribution is 8.15. The summed E-state index contributed by atoms with van der Waals surface area (Å²) in [6.07, 6.45) is 0. The smallest absolute Gasteiger partial charge is 0.240 e. The molecule has 1 amide bonds. The van der Waals surface area contributed by atoms with E-state index in [9.17, 15) is 4.79 Å². The lowest BCUT2D eigenvalue weighted by Crippen LogP contribution is -2.30. The Kier molecular flexibility index (Phi) is 1.65. The van der Waals surface area contributed by atoms with Gasteiger partial charge in [-0.2, -0.15) is 0 Å². The lowest BCUT2D eigenvalue weighted by molar-refractivity contribution is -0.127. The van der Waals surface area contributed by atoms with Gasteiger partial charge in [-0.25, -0.2) is 5.01 Å². The summed E-state index contributed by atoms with van der Waals surface area (Å²) in [6.45, 7) is 1.46. The van der Waals surface area contributed by atoms with E-state index in [1.54, 1.807) is 0 Å². The summed E-state index contributed by atoms with van der Waals surface area (Å²) in [4.78, 5) is 10.9. The van der Waals surface area contributed by atoms with Crippen molar-refractivity contribution in [3.63, 3.8) is 0 Å². The van der Waals surface area contributed by atoms with Crippen molar-refractivity contribution in [2.75, 3.05) is 5.88 Å². The quantitative estimate of drug-likeness (QED) is 0.552. The van der Waals surface area contributed by atoms with Crippen LogP contribution in [0.25, 0.3) is 0 Å². The number of rotatable bonds is 0. The van der Waals surface area contributed by atoms with Crippen molar-refractivity contribution < 1.29 is 4.79 Å². The molecule has 2 heterocycles. The van der Waals surface area contributed by atoms with Gasteiger partial charge in [0.05, 0.1) is 5.88 Å². The maximum Gasteiger partial charge on any atom is 0.240 e. The molecule has 0 aliphatic carbocycles. The second kappa shape index (κ2) is 2.67. The van der Waals surface area contributed by atoms with E-state index in [0.717, 1.165) is 0 Å². The average Bonchev–Trinajstić information content (AvgIpc) is 2.49. The van der Waals surface area contributed by atoms with E-state index in [0.29, 0.717) is 16.8 Å². The minimum Gasteiger partial charge on any atom is -0.273 e. The fourth-order valence-electron chi connectivity index (χ4n) is 0.776. The highest BCUT2D eigenvalue weighted by atomic mass is 32.2. The first-order valence-electron chi connectivity index (χ1n) is 3.26. The third-order valence-corrected chi connectivity index (χ3v) is 2.28. The molecule has 2 aliphatic rings. The predicted octanol–water partition coefficient (Wildman–Crippen LogP) is 0.632. The molecule has 0 spiro atoms. The molecule has 0 bridgehead atoms. The number of hydrogen-bond acceptors (Lipinski definition) is 6. The lowest BCUT2D eigenvalue weighted by Gasteiger charge is -2.18. The van der Waals surface area contributed by atoms with Crippen molar-refractivity contribution in [1.29, 1.82) is 0 Å². The molecule has 2 aliphatic heterocycles. The molecule has 0 saturated carbocycles. The molecule has 0 aromatic rings. The fraction of sp³-hybridized carbons (Fsp3) is 0.400. The zero-order chi connectivity index (χ0) is 8.55. The van der Waals surface area contributed by atoms with Gasteiger partial charge in [0.1, 0.15) is 0 Å². The van der Waals surface area contributed by atoms with Crippen LogP contribution >= 0.6 is 11.8 Å². The van der Waals surface area contributed by atoms with Gasteiger partial charge in [0.2, 0.25) is 11.7 Å². The van der Waals surface area contributed by atoms with Crippen LogP contribution in [0.2, 0.25) is 0 Å². The third-order valence-electron chi connectivity index (χ3n) is 1.37. The van der Waals surface area contributed by atoms with Gasteiger partial charge in [-0.05, 0) is 5.22 Å². The number of carbonyl (C=O) groups excluding carboxylic acids is 1. The predicted molar refractivity (Wildman–Crippen MR) is 44.7 cm³/mol. The second-order valence-corrected chi connectivity index (χ2v) is 3.14. The molecule has 7 heteroatoms. The SMILES string of the molecule is CC(=O)N1CSC2=NN=NC2=N1. The molecule has 2 rings (SSSR count). The number of carbonyl (C=O) groups is 1. The fourth-order valence-corrected chi connectivity index (χ4v) is 1.56. The van der Waals surface area contributed by atoms with E-state index in [1.807, 2.05) is 0 Å². The highest BCUT2D eigenvalue weighted by Gasteiger charge is 2.24. The molecule has 0 aromatic heterocycles. The molecule has 0 atom stereocenters. The van der Waals surface area contributed by atoms with E-state index in [2.05, 4.69) is 20.5 Å². The molecule has 6 nitrogen and oxygen atoms in total. The van der Waals surface area contributed by atoms with Gasteiger partial charge in [-0.15, -0.1) is 15.3 Å². The van der Waals surface area contributed by atoms with Crippen molar-refractivity contribution >= 4 is 28.5 Å². The first kappa shape index (κ1) is 7.41. The number of nitrogens with zero attached hydrogens (tertiary/aromatic N) is 5. The van der Waals surface area contributed by atoms with Crippen LogP contribution in [0, 0.1) is 0 Å². The molecule has 62 valence electrons. The van der Waals surface area contributed by atoms with Crippen LogP contribution < -0.4 is 0 Å². The first-order chi connectivity index (χ1) is 5.77. The molecule has 12 heavy (non-hydrogen) atoms. The van der Waals surface area contributed by atoms with Crippen LogP contribution in [0.1, 0.15) is 6.92 Å². The summed E-state index contributed by atoms with van der Waals surface area (Å²) in [7, 11) is 0. The van der Waals surface area contributed by atoms with Gasteiger partial charge in [0, 0.05) is 6.92 Å². The van der Waals surface area contributed by atoms with Crippen molar-refractivity contribution in [2.24, 2.45) is 20.5 Å². The maximum atomic E-state index is 10.9. The molecule has 0 unspecified atom stereocenters. The molecule has 0 N–H and O–H groups in total. The van der Waals surface area contributed by atoms with Crippen LogP contribution in [0.15, 0.2) is 20.5 Å². The Balaban J connectivity index is 2.27. The summed E-state index contributed by atoms with van der Waals surface area (Å²) in [5.74, 6) is 0.820. The number of amides is 1. The summed E-state index contributed by atoms with van der Waals surface area (Å²) in [5, 5.41) is 16.8. The van der Waals surface area contributed by atoms with Crippen molar-refractivity contribution in [3.8, 4) is 0 Å². The summed E-state index contributed by atoms with van der Waals surface area (Å²) in [6, 6.07) is 0. The zero-order valence-electron chi connectivity index (χ0n) is 6.26. The first-order valence-corrected chi connectivity index (χ1v) is 4.24. The van der Waals surface area contributed by atoms with E-state index in [1.165, 1.54) is 23.7 Å². The van der Waals surface area contributed by atoms with Gasteiger partial charge >= 0.3 is 0 Å². The maximum absolute atomic E-state index is 10.9. The van der Waals surface area contributed by atoms with Crippen molar-refractivity contribution in [3.05, 3.63) is 0 Å². The lowest BCUT2D eigenvalue weighted by atomic mass is 10.6. The second-order valence-electron chi connectivity index (χ2n) is 2.21. The van der Waals surface area contributed by atoms with E-state index < -0.39 is 0 Å². The van der Waals surface area contributed by atoms with Crippen LogP contribution in [0.3, 0.4) is 0 Å². The summed E-state index contributed by atoms with van der Waals surface area (Å²) < 4.78 is 0. The van der Waals surface area contributed by atoms with E-state index in [4.69, 9.17) is 0 Å². The number of hydrogen-bond donors (Lipinski definition) is 0. The molecule has 0 fully saturated rings. The zero-order valence-corrected chi connectivity index (χ0v) is 7.08. The Morgan fingerprint density at radius 1 is 1.67 bits per heavy atom. The average molecular weight is 183 g/mol. The minimum absolute atomic E-state index is 0.101. The standard InChI is InChI=1S/C5H5N5OS/c1-3(11)10-2-12-5-4(8-10)6-9-7-5/h2H2,1H3. The van der Waals surface area contributed by atoms with Gasteiger partial charge in [-0.1, -0.05) is 11.8 Å². The van der Waals surface area contributed by atoms with Crippen LogP contribution in [-0.4, -0.2) is 27.7 Å². The summed E-state index contributed by atoms with van der Waals surface area (Å²) in [5.41, 5.74) is 0. The van der Waals surface area contributed by atoms with Crippen LogP contribution in [0.4, 0.5) is 0 Å². The monoisotopic (exact) mass is 183 g/mol. The number of thioether (sulfide) groups is 1. The van der Waals surface area contributed by atoms with Gasteiger partial charge in [0.25, 0.3) is 0 Å². The molecular formula is C5H5N5OS. The van der Waals surface area contributed by atoms with Crippen LogP contribution in [0.5, 0.6) is 0 Å². The van der Waals surface area contributed by atoms with Crippen molar-refractivity contribution in [2.45, 2.75) is 6.92 Å². The Bertz CT molecular complexity index is 320. The van der Waals surface area contributed by atoms with E-state index in [-0.39, 0.29) is 5.91 Å². The van der Waals surface area contributed by atoms with Crippen LogP contribution in [-0.2, 0) is 4.79 Å². The van der Waals surface area contributed by atoms with Gasteiger partial charge in [0.15, 0.2) is 5.04 Å². The highest BCUT2D eigenvalue weighted by Crippen LogP contribution is 2.19. The topological polar surface area (TPSA) is 69.8 Å². The largest absolute Gasteiger partial charge is 0.273 e. The molecule has 0 saturated heterocycles. The molecule has 0 aromatic carbocycles. The minimum atomic E-state index is -0.101. The van der Waals surface area contributed by atoms with E-state index >= 15 is 0 Å². The summed E-state index contributed by atoms with van der Waals surface area (Å²) >= 11 is 1.41. The Morgan fingerprint density at radius 3 is 3.25 bits per heavy atom. The van der Waals surface area contributed by atoms with Crippen molar-refractivity contribution in [1.82, 2.24) is 5.01 Å². The Hall–Kier alpha value is -1.24. The number of fused-ring (bicyclic) bond motifs is 1. The Labute approximate surface area is 72.4 Å². The van der Waals surface area contributed by atoms with Gasteiger partial charge < -0.3 is 0 Å². The third kappa shape index (κ3) is 1.11.